The maximum absolute atomic E-state index is 2.45. The van der Waals surface area contributed by atoms with E-state index in [-0.39, 0.29) is 5.41 Å². The molecule has 28 rings (SSSR count). The number of benzene rings is 24. The summed E-state index contributed by atoms with van der Waals surface area (Å²) in [5, 5.41) is 31.1. The molecule has 1 aliphatic carbocycles. The zero-order valence-electron chi connectivity index (χ0n) is 73.0. The van der Waals surface area contributed by atoms with Crippen molar-refractivity contribution in [3.63, 3.8) is 0 Å². The molecule has 0 aliphatic heterocycles. The van der Waals surface area contributed by atoms with Crippen molar-refractivity contribution in [2.75, 3.05) is 0 Å². The molecule has 0 spiro atoms. The van der Waals surface area contributed by atoms with Gasteiger partial charge in [-0.3, -0.25) is 0 Å². The lowest BCUT2D eigenvalue weighted by molar-refractivity contribution is 0.660. The van der Waals surface area contributed by atoms with Gasteiger partial charge in [0.25, 0.3) is 0 Å². The molecule has 3 aromatic heterocycles. The summed E-state index contributed by atoms with van der Waals surface area (Å²) >= 11 is 0. The van der Waals surface area contributed by atoms with Crippen molar-refractivity contribution >= 4 is 162 Å². The molecule has 616 valence electrons. The Kier molecular flexibility index (Phi) is 17.7. The van der Waals surface area contributed by atoms with E-state index in [0.717, 1.165) is 0 Å². The molecule has 0 saturated heterocycles. The zero-order valence-corrected chi connectivity index (χ0v) is 73.0. The lowest BCUT2D eigenvalue weighted by atomic mass is 9.82. The van der Waals surface area contributed by atoms with Gasteiger partial charge in [-0.05, 0) is 284 Å². The molecule has 0 saturated carbocycles. The van der Waals surface area contributed by atoms with E-state index in [0.29, 0.717) is 0 Å². The van der Waals surface area contributed by atoms with Crippen molar-refractivity contribution in [1.29, 1.82) is 0 Å². The molecule has 0 amide bonds. The van der Waals surface area contributed by atoms with Gasteiger partial charge in [-0.2, -0.15) is 0 Å². The van der Waals surface area contributed by atoms with Crippen LogP contribution >= 0.6 is 0 Å². The summed E-state index contributed by atoms with van der Waals surface area (Å²) in [6.07, 6.45) is 0. The van der Waals surface area contributed by atoms with Crippen molar-refractivity contribution in [3.8, 4) is 83.8 Å². The minimum Gasteiger partial charge on any atom is -0.309 e. The molecule has 0 unspecified atom stereocenters. The second kappa shape index (κ2) is 30.6. The summed E-state index contributed by atoms with van der Waals surface area (Å²) < 4.78 is 7.22. The van der Waals surface area contributed by atoms with Crippen LogP contribution in [0.2, 0.25) is 0 Å². The monoisotopic (exact) mass is 1680 g/mol. The van der Waals surface area contributed by atoms with E-state index < -0.39 is 0 Å². The van der Waals surface area contributed by atoms with Crippen LogP contribution in [-0.4, -0.2) is 13.7 Å². The number of hydrogen-bond donors (Lipinski definition) is 0. The number of para-hydroxylation sites is 5. The highest BCUT2D eigenvalue weighted by atomic mass is 15.0. The first kappa shape index (κ1) is 76.3. The van der Waals surface area contributed by atoms with Crippen LogP contribution in [0.15, 0.2) is 479 Å². The fourth-order valence-corrected chi connectivity index (χ4v) is 22.4. The highest BCUT2D eigenvalue weighted by molar-refractivity contribution is 6.29. The van der Waals surface area contributed by atoms with E-state index in [9.17, 15) is 0 Å². The average molecular weight is 1680 g/mol. The van der Waals surface area contributed by atoms with Crippen LogP contribution in [0.3, 0.4) is 0 Å². The molecule has 1 aliphatic rings. The highest BCUT2D eigenvalue weighted by Crippen LogP contribution is 2.51. The molecule has 27 aromatic rings. The summed E-state index contributed by atoms with van der Waals surface area (Å²) in [4.78, 5) is 0. The van der Waals surface area contributed by atoms with Crippen LogP contribution in [0.5, 0.6) is 0 Å². The Balaban J connectivity index is 0.000000104. The van der Waals surface area contributed by atoms with E-state index in [1.165, 1.54) is 257 Å². The molecule has 0 bridgehead atoms. The van der Waals surface area contributed by atoms with E-state index in [1.54, 1.807) is 0 Å². The van der Waals surface area contributed by atoms with E-state index in [1.807, 2.05) is 0 Å². The van der Waals surface area contributed by atoms with Crippen molar-refractivity contribution in [2.24, 2.45) is 0 Å². The number of fused-ring (bicyclic) bond motifs is 30. The van der Waals surface area contributed by atoms with Crippen molar-refractivity contribution in [1.82, 2.24) is 13.7 Å². The van der Waals surface area contributed by atoms with Gasteiger partial charge in [0, 0.05) is 54.8 Å². The first-order chi connectivity index (χ1) is 65.3. The van der Waals surface area contributed by atoms with Gasteiger partial charge in [-0.25, -0.2) is 0 Å². The first-order valence-corrected chi connectivity index (χ1v) is 45.9. The zero-order chi connectivity index (χ0) is 87.2. The average Bonchev–Trinajstić information content (AvgIpc) is 1.50. The number of nitrogens with zero attached hydrogens (tertiary/aromatic N) is 3. The number of hydrogen-bond acceptors (Lipinski definition) is 0. The second-order valence-electron chi connectivity index (χ2n) is 36.0. The summed E-state index contributed by atoms with van der Waals surface area (Å²) in [6, 6.07) is 176. The summed E-state index contributed by atoms with van der Waals surface area (Å²) in [5.74, 6) is 0. The fraction of sp³-hybridized carbons (Fsp3) is 0.0233. The second-order valence-corrected chi connectivity index (χ2v) is 36.0. The molecule has 3 nitrogen and oxygen atoms in total. The Hall–Kier alpha value is -17.0. The van der Waals surface area contributed by atoms with Crippen LogP contribution in [-0.2, 0) is 5.41 Å². The smallest absolute Gasteiger partial charge is 0.0547 e. The molecule has 0 N–H and O–H groups in total. The Morgan fingerprint density at radius 1 is 0.136 bits per heavy atom. The minimum absolute atomic E-state index is 0.00233. The van der Waals surface area contributed by atoms with E-state index in [2.05, 4.69) is 507 Å². The summed E-state index contributed by atoms with van der Waals surface area (Å²) in [6.45, 7) is 4.69. The number of aromatic nitrogens is 3. The van der Waals surface area contributed by atoms with Crippen LogP contribution in [0.25, 0.3) is 246 Å². The topological polar surface area (TPSA) is 14.8 Å². The summed E-state index contributed by atoms with van der Waals surface area (Å²) in [7, 11) is 0. The molecular weight excluding hydrogens is 1590 g/mol. The van der Waals surface area contributed by atoms with E-state index >= 15 is 0 Å². The third-order valence-electron chi connectivity index (χ3n) is 28.5. The standard InChI is InChI=1S/C45H31N.2C42H27N/c1-45(2)41-17-9-7-15-36(41)39-27-30(21-23-42(39)45)46-43-18-10-8-16-37(43)40-26-29(20-24-44(40)46)28-19-22-35-33-13-4-3-11-31(33)32-12-5-6-14-34(32)38(35)25-28;1-2-14-31(15-3-1)43-40-22-9-8-20-38(40)42-32(21-11-23-41(42)43)30-13-10-12-28(26-30)29-24-25-37-35-18-5-4-16-33(35)34-17-6-7-19-36(34)39(37)27-29;1-2-13-32(14-3-1)43-41-20-9-8-19-38(41)39-24-22-31(27-42(39)43)29-12-10-11-28(25-29)30-21-23-37-35-17-5-4-15-33(35)34-16-6-7-18-36(34)40(37)26-30/h3-27H,1-2H3;2*1-27H. The molecule has 0 atom stereocenters. The Labute approximate surface area is 764 Å². The van der Waals surface area contributed by atoms with Gasteiger partial charge in [-0.15, -0.1) is 0 Å². The quantitative estimate of drug-likeness (QED) is 0.135. The predicted octanol–water partition coefficient (Wildman–Crippen LogP) is 35.4. The Bertz CT molecular complexity index is 9300. The van der Waals surface area contributed by atoms with Crippen LogP contribution in [0, 0.1) is 0 Å². The van der Waals surface area contributed by atoms with Crippen molar-refractivity contribution in [3.05, 3.63) is 490 Å². The highest BCUT2D eigenvalue weighted by Gasteiger charge is 2.36. The van der Waals surface area contributed by atoms with Crippen molar-refractivity contribution < 1.29 is 0 Å². The fourth-order valence-electron chi connectivity index (χ4n) is 22.4. The lowest BCUT2D eigenvalue weighted by Crippen LogP contribution is -2.14. The van der Waals surface area contributed by atoms with Gasteiger partial charge in [0.05, 0.1) is 33.1 Å². The molecule has 132 heavy (non-hydrogen) atoms. The van der Waals surface area contributed by atoms with Crippen LogP contribution in [0.4, 0.5) is 0 Å². The van der Waals surface area contributed by atoms with Gasteiger partial charge in [0.2, 0.25) is 0 Å². The maximum Gasteiger partial charge on any atom is 0.0547 e. The van der Waals surface area contributed by atoms with Gasteiger partial charge in [0.15, 0.2) is 0 Å². The third kappa shape index (κ3) is 12.2. The molecular formula is C129H85N3. The Morgan fingerprint density at radius 2 is 0.417 bits per heavy atom. The first-order valence-electron chi connectivity index (χ1n) is 45.9. The Morgan fingerprint density at radius 3 is 0.886 bits per heavy atom. The number of rotatable bonds is 8. The molecule has 3 heteroatoms. The van der Waals surface area contributed by atoms with Gasteiger partial charge in [-0.1, -0.05) is 384 Å². The van der Waals surface area contributed by atoms with Crippen LogP contribution < -0.4 is 0 Å². The molecule has 24 aromatic carbocycles. The van der Waals surface area contributed by atoms with Crippen LogP contribution in [0.1, 0.15) is 25.0 Å². The maximum atomic E-state index is 2.45. The van der Waals surface area contributed by atoms with Gasteiger partial charge >= 0.3 is 0 Å². The normalized spacial score (nSPS) is 12.4. The third-order valence-corrected chi connectivity index (χ3v) is 28.5. The largest absolute Gasteiger partial charge is 0.309 e. The van der Waals surface area contributed by atoms with Gasteiger partial charge < -0.3 is 13.7 Å². The van der Waals surface area contributed by atoms with Crippen molar-refractivity contribution in [2.45, 2.75) is 19.3 Å². The lowest BCUT2D eigenvalue weighted by Gasteiger charge is -2.21. The minimum atomic E-state index is -0.00233. The molecule has 3 heterocycles. The predicted molar refractivity (Wildman–Crippen MR) is 565 cm³/mol. The molecule has 0 radical (unpaired) electrons. The molecule has 0 fully saturated rings. The van der Waals surface area contributed by atoms with E-state index in [4.69, 9.17) is 0 Å². The summed E-state index contributed by atoms with van der Waals surface area (Å²) in [5.41, 5.74) is 28.7. The SMILES string of the molecule is CC1(C)c2ccccc2-c2cc(-n3c4ccccc4c4cc(-c5ccc6c7ccccc7c7ccccc7c6c5)ccc43)ccc21.c1ccc(-n2c3ccccc3c3c(-c4cccc(-c5ccc6c7ccccc7c7ccccc7c6c5)c4)cccc32)cc1.c1ccc(-n2c3ccccc3c3ccc(-c4cccc(-c5ccc6c7ccccc7c7ccccc7c6c5)c4)cc32)cc1. The van der Waals surface area contributed by atoms with Gasteiger partial charge in [0.1, 0.15) is 0 Å².